The highest BCUT2D eigenvalue weighted by molar-refractivity contribution is 5.98. The number of aliphatic carboxylic acids is 1. The molecule has 3 aromatic carbocycles. The molecule has 4 aromatic rings. The first-order valence-electron chi connectivity index (χ1n) is 14.5. The van der Waals surface area contributed by atoms with Gasteiger partial charge < -0.3 is 20.5 Å². The predicted octanol–water partition coefficient (Wildman–Crippen LogP) is 5.44. The fourth-order valence-electron chi connectivity index (χ4n) is 4.51. The maximum absolute atomic E-state index is 13.1. The Morgan fingerprint density at radius 2 is 1.41 bits per heavy atom. The first kappa shape index (κ1) is 31.9. The summed E-state index contributed by atoms with van der Waals surface area (Å²) in [6.07, 6.45) is 3.68. The van der Waals surface area contributed by atoms with Gasteiger partial charge in [0.05, 0.1) is 6.61 Å². The largest absolute Gasteiger partial charge is 0.494 e. The van der Waals surface area contributed by atoms with E-state index in [1.54, 1.807) is 24.5 Å². The number of nitrogens with zero attached hydrogens (tertiary/aromatic N) is 2. The monoisotopic (exact) mass is 594 g/mol. The van der Waals surface area contributed by atoms with E-state index < -0.39 is 29.9 Å². The molecule has 3 N–H and O–H groups in total. The third-order valence-electron chi connectivity index (χ3n) is 7.17. The first-order valence-corrected chi connectivity index (χ1v) is 14.5. The van der Waals surface area contributed by atoms with E-state index in [9.17, 15) is 19.5 Å². The van der Waals surface area contributed by atoms with Gasteiger partial charge in [-0.1, -0.05) is 69.3 Å². The second-order valence-electron chi connectivity index (χ2n) is 11.6. The summed E-state index contributed by atoms with van der Waals surface area (Å²) in [4.78, 5) is 46.6. The molecule has 9 heteroatoms. The summed E-state index contributed by atoms with van der Waals surface area (Å²) in [5, 5.41) is 14.5. The Hall–Kier alpha value is -5.05. The lowest BCUT2D eigenvalue weighted by Crippen LogP contribution is -2.51. The van der Waals surface area contributed by atoms with Crippen molar-refractivity contribution >= 4 is 17.8 Å². The van der Waals surface area contributed by atoms with Crippen LogP contribution in [0.3, 0.4) is 0 Å². The van der Waals surface area contributed by atoms with E-state index in [-0.39, 0.29) is 11.8 Å². The van der Waals surface area contributed by atoms with Gasteiger partial charge in [0.1, 0.15) is 17.8 Å². The number of carbonyl (C=O) groups excluding carboxylic acids is 2. The zero-order valence-corrected chi connectivity index (χ0v) is 25.6. The summed E-state index contributed by atoms with van der Waals surface area (Å²) in [6, 6.07) is 20.2. The topological polar surface area (TPSA) is 131 Å². The molecule has 0 spiro atoms. The summed E-state index contributed by atoms with van der Waals surface area (Å²) in [5.74, 6) is -0.829. The van der Waals surface area contributed by atoms with Crippen LogP contribution in [0.5, 0.6) is 5.75 Å². The molecule has 228 valence electrons. The Balaban J connectivity index is 1.48. The number of hydrogen-bond donors (Lipinski definition) is 3. The average molecular weight is 595 g/mol. The van der Waals surface area contributed by atoms with Crippen molar-refractivity contribution in [1.82, 2.24) is 20.6 Å². The van der Waals surface area contributed by atoms with Gasteiger partial charge in [0.2, 0.25) is 5.91 Å². The molecule has 2 atom stereocenters. The van der Waals surface area contributed by atoms with Gasteiger partial charge in [-0.2, -0.15) is 0 Å². The number of carboxylic acid groups (broad SMARTS) is 1. The molecule has 0 aliphatic carbocycles. The molecule has 0 aliphatic heterocycles. The average Bonchev–Trinajstić information content (AvgIpc) is 3.01. The van der Waals surface area contributed by atoms with Crippen molar-refractivity contribution in [3.05, 3.63) is 102 Å². The number of carbonyl (C=O) groups is 3. The maximum atomic E-state index is 13.1. The van der Waals surface area contributed by atoms with Crippen molar-refractivity contribution in [3.8, 4) is 28.3 Å². The molecule has 0 saturated carbocycles. The summed E-state index contributed by atoms with van der Waals surface area (Å²) in [6.45, 7) is 10.2. The maximum Gasteiger partial charge on any atom is 0.325 e. The minimum Gasteiger partial charge on any atom is -0.494 e. The Bertz CT molecular complexity index is 1580. The smallest absolute Gasteiger partial charge is 0.325 e. The highest BCUT2D eigenvalue weighted by atomic mass is 16.5. The molecule has 4 rings (SSSR count). The predicted molar refractivity (Wildman–Crippen MR) is 169 cm³/mol. The SMILES string of the molecule is CCOc1ccc(-c2cnc(-c3ccc(CC(NC(=O)c4ccc(C(C)(C)C)cc4)C(=O)NC(C)C(=O)O)cc3)nc2)cc1. The van der Waals surface area contributed by atoms with Gasteiger partial charge in [0.15, 0.2) is 5.82 Å². The molecular formula is C35H38N4O5. The van der Waals surface area contributed by atoms with Crippen LogP contribution in [0.4, 0.5) is 0 Å². The number of nitrogens with one attached hydrogen (secondary N) is 2. The van der Waals surface area contributed by atoms with Crippen molar-refractivity contribution in [2.75, 3.05) is 6.61 Å². The second-order valence-corrected chi connectivity index (χ2v) is 11.6. The molecule has 2 unspecified atom stereocenters. The Morgan fingerprint density at radius 3 is 1.95 bits per heavy atom. The lowest BCUT2D eigenvalue weighted by Gasteiger charge is -2.21. The van der Waals surface area contributed by atoms with Gasteiger partial charge in [0, 0.05) is 35.5 Å². The van der Waals surface area contributed by atoms with Crippen LogP contribution in [-0.2, 0) is 21.4 Å². The van der Waals surface area contributed by atoms with E-state index in [2.05, 4.69) is 41.4 Å². The quantitative estimate of drug-likeness (QED) is 0.211. The van der Waals surface area contributed by atoms with E-state index in [4.69, 9.17) is 4.74 Å². The van der Waals surface area contributed by atoms with Gasteiger partial charge in [0.25, 0.3) is 5.91 Å². The van der Waals surface area contributed by atoms with Crippen molar-refractivity contribution in [3.63, 3.8) is 0 Å². The Kier molecular flexibility index (Phi) is 10.1. The molecule has 1 heterocycles. The molecule has 9 nitrogen and oxygen atoms in total. The molecule has 0 aliphatic rings. The van der Waals surface area contributed by atoms with E-state index in [1.165, 1.54) is 6.92 Å². The number of benzene rings is 3. The summed E-state index contributed by atoms with van der Waals surface area (Å²) >= 11 is 0. The van der Waals surface area contributed by atoms with Crippen LogP contribution in [0.1, 0.15) is 56.1 Å². The molecular weight excluding hydrogens is 556 g/mol. The zero-order valence-electron chi connectivity index (χ0n) is 25.6. The van der Waals surface area contributed by atoms with Gasteiger partial charge in [-0.25, -0.2) is 9.97 Å². The van der Waals surface area contributed by atoms with Crippen LogP contribution in [0.15, 0.2) is 85.2 Å². The third kappa shape index (κ3) is 8.28. The van der Waals surface area contributed by atoms with E-state index in [0.717, 1.165) is 33.6 Å². The van der Waals surface area contributed by atoms with Crippen LogP contribution in [0.25, 0.3) is 22.5 Å². The fourth-order valence-corrected chi connectivity index (χ4v) is 4.51. The molecule has 2 amide bonds. The highest BCUT2D eigenvalue weighted by Crippen LogP contribution is 2.24. The number of ether oxygens (including phenoxy) is 1. The molecule has 0 bridgehead atoms. The molecule has 44 heavy (non-hydrogen) atoms. The Labute approximate surface area is 257 Å². The zero-order chi connectivity index (χ0) is 31.9. The van der Waals surface area contributed by atoms with Gasteiger partial charge in [-0.3, -0.25) is 14.4 Å². The van der Waals surface area contributed by atoms with E-state index in [1.807, 2.05) is 67.6 Å². The van der Waals surface area contributed by atoms with E-state index >= 15 is 0 Å². The summed E-state index contributed by atoms with van der Waals surface area (Å²) < 4.78 is 5.50. The van der Waals surface area contributed by atoms with Crippen LogP contribution >= 0.6 is 0 Å². The molecule has 0 radical (unpaired) electrons. The standard InChI is InChI=1S/C35H38N4O5/c1-6-44-29-17-13-24(14-18-29)27-20-36-31(37-21-27)25-9-7-23(8-10-25)19-30(33(41)38-22(2)34(42)43)39-32(40)26-11-15-28(16-12-26)35(3,4)5/h7-18,20-22,30H,6,19H2,1-5H3,(H,38,41)(H,39,40)(H,42,43). The minimum atomic E-state index is -1.17. The number of rotatable bonds is 11. The second kappa shape index (κ2) is 13.9. The molecule has 1 aromatic heterocycles. The molecule has 0 saturated heterocycles. The van der Waals surface area contributed by atoms with Crippen LogP contribution in [0, 0.1) is 0 Å². The van der Waals surface area contributed by atoms with Crippen molar-refractivity contribution in [1.29, 1.82) is 0 Å². The van der Waals surface area contributed by atoms with Crippen molar-refractivity contribution in [2.24, 2.45) is 0 Å². The first-order chi connectivity index (χ1) is 20.9. The Morgan fingerprint density at radius 1 is 0.818 bits per heavy atom. The minimum absolute atomic E-state index is 0.0696. The summed E-state index contributed by atoms with van der Waals surface area (Å²) in [5.41, 5.74) is 4.82. The summed E-state index contributed by atoms with van der Waals surface area (Å²) in [7, 11) is 0. The highest BCUT2D eigenvalue weighted by Gasteiger charge is 2.25. The molecule has 0 fully saturated rings. The van der Waals surface area contributed by atoms with E-state index in [0.29, 0.717) is 18.0 Å². The van der Waals surface area contributed by atoms with Gasteiger partial charge in [-0.15, -0.1) is 0 Å². The van der Waals surface area contributed by atoms with Gasteiger partial charge in [-0.05, 0) is 60.2 Å². The van der Waals surface area contributed by atoms with Crippen LogP contribution in [0.2, 0.25) is 0 Å². The lowest BCUT2D eigenvalue weighted by atomic mass is 9.86. The third-order valence-corrected chi connectivity index (χ3v) is 7.17. The number of amides is 2. The van der Waals surface area contributed by atoms with Gasteiger partial charge >= 0.3 is 5.97 Å². The number of aromatic nitrogens is 2. The number of hydrogen-bond acceptors (Lipinski definition) is 6. The van der Waals surface area contributed by atoms with Crippen LogP contribution in [-0.4, -0.2) is 51.5 Å². The number of carboxylic acids is 1. The van der Waals surface area contributed by atoms with Crippen LogP contribution < -0.4 is 15.4 Å². The normalized spacial score (nSPS) is 12.6. The lowest BCUT2D eigenvalue weighted by molar-refractivity contribution is -0.141. The van der Waals surface area contributed by atoms with Crippen molar-refractivity contribution < 1.29 is 24.2 Å². The van der Waals surface area contributed by atoms with Crippen molar-refractivity contribution in [2.45, 2.75) is 58.5 Å². The fraction of sp³-hybridized carbons (Fsp3) is 0.286.